The van der Waals surface area contributed by atoms with Crippen LogP contribution >= 0.6 is 24.8 Å². The van der Waals surface area contributed by atoms with Gasteiger partial charge in [0.15, 0.2) is 6.10 Å². The maximum absolute atomic E-state index is 11.7. The molecule has 2 aliphatic heterocycles. The Kier molecular flexibility index (Phi) is 12.0. The number of nitrogens with zero attached hydrogens (tertiary/aromatic N) is 2. The van der Waals surface area contributed by atoms with Crippen molar-refractivity contribution in [1.82, 2.24) is 10.2 Å². The van der Waals surface area contributed by atoms with Crippen LogP contribution in [0.5, 0.6) is 5.75 Å². The van der Waals surface area contributed by atoms with Crippen LogP contribution in [0, 0.1) is 5.92 Å². The second kappa shape index (κ2) is 14.4. The number of rotatable bonds is 9. The van der Waals surface area contributed by atoms with Gasteiger partial charge in [-0.1, -0.05) is 30.3 Å². The Morgan fingerprint density at radius 1 is 0.971 bits per heavy atom. The van der Waals surface area contributed by atoms with Crippen molar-refractivity contribution in [1.29, 1.82) is 0 Å². The molecule has 2 aromatic carbocycles. The number of piperazine rings is 1. The third-order valence-electron chi connectivity index (χ3n) is 6.70. The number of ether oxygens (including phenoxy) is 1. The van der Waals surface area contributed by atoms with Crippen LogP contribution in [0.25, 0.3) is 0 Å². The number of benzene rings is 2. The second-order valence-electron chi connectivity index (χ2n) is 8.94. The molecule has 0 aliphatic carbocycles. The fourth-order valence-corrected chi connectivity index (χ4v) is 4.67. The number of carboxylic acid groups (broad SMARTS) is 1. The first-order chi connectivity index (χ1) is 15.7. The van der Waals surface area contributed by atoms with Crippen molar-refractivity contribution < 1.29 is 14.6 Å². The minimum absolute atomic E-state index is 0. The van der Waals surface area contributed by atoms with Crippen LogP contribution in [0.1, 0.15) is 24.8 Å². The van der Waals surface area contributed by atoms with E-state index in [-0.39, 0.29) is 24.8 Å². The molecule has 188 valence electrons. The number of hydrogen-bond acceptors (Lipinski definition) is 5. The summed E-state index contributed by atoms with van der Waals surface area (Å²) >= 11 is 0. The van der Waals surface area contributed by atoms with Crippen LogP contribution in [0.3, 0.4) is 0 Å². The predicted octanol–water partition coefficient (Wildman–Crippen LogP) is 4.12. The molecule has 6 nitrogen and oxygen atoms in total. The van der Waals surface area contributed by atoms with E-state index in [1.807, 2.05) is 54.6 Å². The van der Waals surface area contributed by atoms with Crippen molar-refractivity contribution >= 4 is 36.5 Å². The maximum Gasteiger partial charge on any atom is 0.345 e. The van der Waals surface area contributed by atoms with Crippen LogP contribution in [0.4, 0.5) is 5.69 Å². The summed E-state index contributed by atoms with van der Waals surface area (Å²) in [6.07, 6.45) is 3.41. The minimum Gasteiger partial charge on any atom is -0.478 e. The Labute approximate surface area is 215 Å². The minimum atomic E-state index is -0.946. The SMILES string of the molecule is Cl.Cl.O=C(O)C(Cc1ccccc1)Oc1ccc(N2CCN(CCC3CCNCC3)CC2)cc1. The van der Waals surface area contributed by atoms with Gasteiger partial charge in [-0.2, -0.15) is 0 Å². The summed E-state index contributed by atoms with van der Waals surface area (Å²) in [5.74, 6) is 0.537. The Bertz CT molecular complexity index is 840. The smallest absolute Gasteiger partial charge is 0.345 e. The first-order valence-corrected chi connectivity index (χ1v) is 11.9. The lowest BCUT2D eigenvalue weighted by atomic mass is 9.94. The topological polar surface area (TPSA) is 65.0 Å². The average Bonchev–Trinajstić information content (AvgIpc) is 2.84. The van der Waals surface area contributed by atoms with Gasteiger partial charge < -0.3 is 20.1 Å². The fraction of sp³-hybridized carbons (Fsp3) is 0.500. The van der Waals surface area contributed by atoms with E-state index in [4.69, 9.17) is 4.74 Å². The van der Waals surface area contributed by atoms with Crippen molar-refractivity contribution in [2.75, 3.05) is 50.7 Å². The van der Waals surface area contributed by atoms with E-state index in [0.717, 1.165) is 37.7 Å². The van der Waals surface area contributed by atoms with Gasteiger partial charge in [-0.3, -0.25) is 4.90 Å². The van der Waals surface area contributed by atoms with Crippen molar-refractivity contribution in [3.63, 3.8) is 0 Å². The van der Waals surface area contributed by atoms with Crippen LogP contribution in [-0.4, -0.2) is 67.9 Å². The molecule has 0 bridgehead atoms. The highest BCUT2D eigenvalue weighted by molar-refractivity contribution is 5.85. The van der Waals surface area contributed by atoms with E-state index in [9.17, 15) is 9.90 Å². The van der Waals surface area contributed by atoms with Crippen molar-refractivity contribution in [2.45, 2.75) is 31.8 Å². The molecule has 2 aromatic rings. The highest BCUT2D eigenvalue weighted by Gasteiger charge is 2.22. The number of carboxylic acids is 1. The molecular weight excluding hydrogens is 473 g/mol. The Morgan fingerprint density at radius 3 is 2.24 bits per heavy atom. The van der Waals surface area contributed by atoms with Crippen molar-refractivity contribution in [2.24, 2.45) is 5.92 Å². The first kappa shape index (κ1) is 28.2. The number of piperidine rings is 1. The Balaban J connectivity index is 0.00000204. The maximum atomic E-state index is 11.7. The van der Waals surface area contributed by atoms with E-state index in [2.05, 4.69) is 15.1 Å². The molecule has 0 radical (unpaired) electrons. The number of nitrogens with one attached hydrogen (secondary N) is 1. The summed E-state index contributed by atoms with van der Waals surface area (Å²) < 4.78 is 5.80. The van der Waals surface area contributed by atoms with E-state index in [1.165, 1.54) is 44.6 Å². The summed E-state index contributed by atoms with van der Waals surface area (Å²) in [6, 6.07) is 17.5. The van der Waals surface area contributed by atoms with Crippen molar-refractivity contribution in [3.05, 3.63) is 60.2 Å². The monoisotopic (exact) mass is 509 g/mol. The summed E-state index contributed by atoms with van der Waals surface area (Å²) in [7, 11) is 0. The third-order valence-corrected chi connectivity index (χ3v) is 6.70. The van der Waals surface area contributed by atoms with E-state index >= 15 is 0 Å². The molecule has 2 saturated heterocycles. The number of carbonyl (C=O) groups is 1. The van der Waals surface area contributed by atoms with Gasteiger partial charge in [0.05, 0.1) is 0 Å². The average molecular weight is 511 g/mol. The summed E-state index contributed by atoms with van der Waals surface area (Å²) in [4.78, 5) is 16.7. The second-order valence-corrected chi connectivity index (χ2v) is 8.94. The number of halogens is 2. The molecule has 0 spiro atoms. The van der Waals surface area contributed by atoms with E-state index in [1.54, 1.807) is 0 Å². The summed E-state index contributed by atoms with van der Waals surface area (Å²) in [5.41, 5.74) is 2.12. The van der Waals surface area contributed by atoms with Gasteiger partial charge in [-0.05, 0) is 74.6 Å². The summed E-state index contributed by atoms with van der Waals surface area (Å²) in [5, 5.41) is 13.0. The fourth-order valence-electron chi connectivity index (χ4n) is 4.67. The number of hydrogen-bond donors (Lipinski definition) is 2. The highest BCUT2D eigenvalue weighted by Crippen LogP contribution is 2.23. The van der Waals surface area contributed by atoms with E-state index < -0.39 is 12.1 Å². The lowest BCUT2D eigenvalue weighted by Gasteiger charge is -2.37. The molecule has 34 heavy (non-hydrogen) atoms. The molecule has 2 heterocycles. The summed E-state index contributed by atoms with van der Waals surface area (Å²) in [6.45, 7) is 7.82. The normalized spacial score (nSPS) is 17.8. The molecule has 8 heteroatoms. The lowest BCUT2D eigenvalue weighted by molar-refractivity contribution is -0.145. The van der Waals surface area contributed by atoms with Crippen LogP contribution in [-0.2, 0) is 11.2 Å². The van der Waals surface area contributed by atoms with Gasteiger partial charge in [0.25, 0.3) is 0 Å². The predicted molar refractivity (Wildman–Crippen MR) is 142 cm³/mol. The molecule has 0 aromatic heterocycles. The largest absolute Gasteiger partial charge is 0.478 e. The quantitative estimate of drug-likeness (QED) is 0.530. The highest BCUT2D eigenvalue weighted by atomic mass is 35.5. The van der Waals surface area contributed by atoms with Gasteiger partial charge in [-0.15, -0.1) is 24.8 Å². The number of anilines is 1. The zero-order valence-electron chi connectivity index (χ0n) is 19.6. The van der Waals surface area contributed by atoms with Crippen LogP contribution < -0.4 is 15.0 Å². The van der Waals surface area contributed by atoms with Gasteiger partial charge in [0, 0.05) is 38.3 Å². The Morgan fingerprint density at radius 2 is 1.62 bits per heavy atom. The molecular formula is C26H37Cl2N3O3. The zero-order chi connectivity index (χ0) is 22.2. The first-order valence-electron chi connectivity index (χ1n) is 11.9. The van der Waals surface area contributed by atoms with Gasteiger partial charge in [0.2, 0.25) is 0 Å². The molecule has 2 fully saturated rings. The zero-order valence-corrected chi connectivity index (χ0v) is 21.2. The van der Waals surface area contributed by atoms with Crippen LogP contribution in [0.15, 0.2) is 54.6 Å². The van der Waals surface area contributed by atoms with Gasteiger partial charge >= 0.3 is 5.97 Å². The molecule has 0 saturated carbocycles. The molecule has 1 atom stereocenters. The molecule has 2 aliphatic rings. The lowest BCUT2D eigenvalue weighted by Crippen LogP contribution is -2.47. The van der Waals surface area contributed by atoms with Crippen LogP contribution in [0.2, 0.25) is 0 Å². The standard InChI is InChI=1S/C26H35N3O3.2ClH/c30-26(31)25(20-22-4-2-1-3-5-22)32-24-8-6-23(7-9-24)29-18-16-28(17-19-29)15-12-21-10-13-27-14-11-21;;/h1-9,21,25,27H,10-20H2,(H,30,31);2*1H. The van der Waals surface area contributed by atoms with Gasteiger partial charge in [0.1, 0.15) is 5.75 Å². The van der Waals surface area contributed by atoms with E-state index in [0.29, 0.717) is 12.2 Å². The molecule has 2 N–H and O–H groups in total. The molecule has 1 unspecified atom stereocenters. The van der Waals surface area contributed by atoms with Crippen molar-refractivity contribution in [3.8, 4) is 5.75 Å². The number of aliphatic carboxylic acids is 1. The molecule has 4 rings (SSSR count). The van der Waals surface area contributed by atoms with Gasteiger partial charge in [-0.25, -0.2) is 4.79 Å². The molecule has 0 amide bonds. The third kappa shape index (κ3) is 8.35. The Hall–Kier alpha value is -1.99.